The highest BCUT2D eigenvalue weighted by Crippen LogP contribution is 2.19. The van der Waals surface area contributed by atoms with Crippen LogP contribution >= 0.6 is 0 Å². The summed E-state index contributed by atoms with van der Waals surface area (Å²) in [5, 5.41) is 0. The molecule has 1 heterocycles. The normalized spacial score (nSPS) is 16.5. The molecule has 0 bridgehead atoms. The molecule has 9 nitrogen and oxygen atoms in total. The van der Waals surface area contributed by atoms with Gasteiger partial charge in [0.05, 0.1) is 24.0 Å². The summed E-state index contributed by atoms with van der Waals surface area (Å²) in [6.07, 6.45) is 1.70. The lowest BCUT2D eigenvalue weighted by Crippen LogP contribution is -2.47. The smallest absolute Gasteiger partial charge is 0.310 e. The van der Waals surface area contributed by atoms with E-state index in [1.54, 1.807) is 11.8 Å². The van der Waals surface area contributed by atoms with Crippen LogP contribution in [0.2, 0.25) is 0 Å². The van der Waals surface area contributed by atoms with E-state index in [2.05, 4.69) is 0 Å². The Morgan fingerprint density at radius 2 is 1.85 bits per heavy atom. The number of nitrogens with zero attached hydrogens (tertiary/aromatic N) is 3. The number of hydrogen-bond donors (Lipinski definition) is 0. The molecule has 2 rings (SSSR count). The van der Waals surface area contributed by atoms with Crippen LogP contribution in [0.1, 0.15) is 32.6 Å². The van der Waals surface area contributed by atoms with Crippen LogP contribution in [0.5, 0.6) is 0 Å². The molecule has 1 aliphatic heterocycles. The van der Waals surface area contributed by atoms with Crippen molar-refractivity contribution in [1.29, 1.82) is 0 Å². The molecule has 0 spiro atoms. The van der Waals surface area contributed by atoms with Crippen molar-refractivity contribution < 1.29 is 31.9 Å². The molecular formula is C22H32FN3O6S. The van der Waals surface area contributed by atoms with Gasteiger partial charge in [-0.3, -0.25) is 14.4 Å². The van der Waals surface area contributed by atoms with Gasteiger partial charge < -0.3 is 14.5 Å². The minimum Gasteiger partial charge on any atom is -0.466 e. The number of esters is 1. The van der Waals surface area contributed by atoms with Gasteiger partial charge in [0, 0.05) is 40.2 Å². The maximum absolute atomic E-state index is 13.0. The lowest BCUT2D eigenvalue weighted by Gasteiger charge is -2.32. The lowest BCUT2D eigenvalue weighted by molar-refractivity contribution is -0.152. The Hall–Kier alpha value is -2.53. The van der Waals surface area contributed by atoms with Gasteiger partial charge in [0.2, 0.25) is 21.8 Å². The van der Waals surface area contributed by atoms with E-state index in [0.717, 1.165) is 16.4 Å². The van der Waals surface area contributed by atoms with Gasteiger partial charge in [-0.1, -0.05) is 0 Å². The second kappa shape index (κ2) is 12.1. The molecule has 0 radical (unpaired) electrons. The van der Waals surface area contributed by atoms with E-state index in [1.807, 2.05) is 0 Å². The summed E-state index contributed by atoms with van der Waals surface area (Å²) in [4.78, 5) is 39.9. The SMILES string of the molecule is CCOC(=O)C1CCCN(C(=O)CN(C)C(=O)CCCN(C)S(=O)(=O)c2ccc(F)cc2)C1. The number of rotatable bonds is 10. The number of halogens is 1. The number of piperidine rings is 1. The van der Waals surface area contributed by atoms with E-state index in [4.69, 9.17) is 4.74 Å². The molecule has 11 heteroatoms. The lowest BCUT2D eigenvalue weighted by atomic mass is 9.98. The van der Waals surface area contributed by atoms with Crippen LogP contribution in [0, 0.1) is 11.7 Å². The number of likely N-dealkylation sites (N-methyl/N-ethyl adjacent to an activating group) is 1. The molecule has 1 aromatic rings. The van der Waals surface area contributed by atoms with Gasteiger partial charge >= 0.3 is 5.97 Å². The second-order valence-electron chi connectivity index (χ2n) is 8.06. The van der Waals surface area contributed by atoms with Crippen LogP contribution < -0.4 is 0 Å². The van der Waals surface area contributed by atoms with Gasteiger partial charge in [-0.15, -0.1) is 0 Å². The van der Waals surface area contributed by atoms with Gasteiger partial charge in [-0.05, 0) is 50.5 Å². The maximum Gasteiger partial charge on any atom is 0.310 e. The fourth-order valence-electron chi connectivity index (χ4n) is 3.60. The van der Waals surface area contributed by atoms with Crippen LogP contribution in [0.4, 0.5) is 4.39 Å². The molecule has 1 aromatic carbocycles. The fraction of sp³-hybridized carbons (Fsp3) is 0.591. The molecule has 0 saturated carbocycles. The molecule has 0 N–H and O–H groups in total. The molecule has 184 valence electrons. The third-order valence-corrected chi connectivity index (χ3v) is 7.45. The van der Waals surface area contributed by atoms with E-state index in [-0.39, 0.29) is 61.1 Å². The minimum absolute atomic E-state index is 0.0249. The monoisotopic (exact) mass is 485 g/mol. The van der Waals surface area contributed by atoms with E-state index in [9.17, 15) is 27.2 Å². The van der Waals surface area contributed by atoms with Crippen molar-refractivity contribution in [2.45, 2.75) is 37.5 Å². The van der Waals surface area contributed by atoms with Crippen LogP contribution in [0.3, 0.4) is 0 Å². The van der Waals surface area contributed by atoms with Gasteiger partial charge in [-0.2, -0.15) is 0 Å². The van der Waals surface area contributed by atoms with Gasteiger partial charge in [0.15, 0.2) is 0 Å². The summed E-state index contributed by atoms with van der Waals surface area (Å²) in [5.41, 5.74) is 0. The highest BCUT2D eigenvalue weighted by molar-refractivity contribution is 7.89. The summed E-state index contributed by atoms with van der Waals surface area (Å²) >= 11 is 0. The van der Waals surface area contributed by atoms with E-state index < -0.39 is 15.8 Å². The average Bonchev–Trinajstić information content (AvgIpc) is 2.79. The van der Waals surface area contributed by atoms with Crippen molar-refractivity contribution in [3.8, 4) is 0 Å². The fourth-order valence-corrected chi connectivity index (χ4v) is 4.81. The Kier molecular flexibility index (Phi) is 9.78. The first-order valence-corrected chi connectivity index (χ1v) is 12.4. The van der Waals surface area contributed by atoms with Crippen molar-refractivity contribution in [3.05, 3.63) is 30.1 Å². The number of carbonyl (C=O) groups excluding carboxylic acids is 3. The Labute approximate surface area is 194 Å². The Balaban J connectivity index is 1.80. The average molecular weight is 486 g/mol. The summed E-state index contributed by atoms with van der Waals surface area (Å²) in [7, 11) is -0.865. The first kappa shape index (κ1) is 26.7. The Bertz CT molecular complexity index is 938. The number of benzene rings is 1. The number of amides is 2. The zero-order chi connectivity index (χ0) is 24.6. The molecule has 1 aliphatic rings. The number of carbonyl (C=O) groups is 3. The van der Waals surface area contributed by atoms with E-state index >= 15 is 0 Å². The summed E-state index contributed by atoms with van der Waals surface area (Å²) < 4.78 is 44.2. The summed E-state index contributed by atoms with van der Waals surface area (Å²) in [5.74, 6) is -1.70. The Morgan fingerprint density at radius 3 is 2.48 bits per heavy atom. The van der Waals surface area contributed by atoms with Crippen molar-refractivity contribution >= 4 is 27.8 Å². The minimum atomic E-state index is -3.78. The van der Waals surface area contributed by atoms with Crippen LogP contribution in [-0.2, 0) is 29.1 Å². The summed E-state index contributed by atoms with van der Waals surface area (Å²) in [6.45, 7) is 2.83. The highest BCUT2D eigenvalue weighted by Gasteiger charge is 2.30. The summed E-state index contributed by atoms with van der Waals surface area (Å²) in [6, 6.07) is 4.54. The Morgan fingerprint density at radius 1 is 1.18 bits per heavy atom. The molecule has 1 unspecified atom stereocenters. The number of ether oxygens (including phenoxy) is 1. The second-order valence-corrected chi connectivity index (χ2v) is 10.1. The standard InChI is InChI=1S/C22H32FN3O6S/c1-4-32-22(29)17-7-5-14-26(15-17)21(28)16-24(2)20(27)8-6-13-25(3)33(30,31)19-11-9-18(23)10-12-19/h9-12,17H,4-8,13-16H2,1-3H3. The number of sulfonamides is 1. The molecule has 0 aromatic heterocycles. The molecule has 2 amide bonds. The van der Waals surface area contributed by atoms with Crippen molar-refractivity contribution in [2.24, 2.45) is 5.92 Å². The van der Waals surface area contributed by atoms with Crippen LogP contribution in [-0.4, -0.2) is 87.2 Å². The van der Waals surface area contributed by atoms with Crippen LogP contribution in [0.25, 0.3) is 0 Å². The molecule has 1 atom stereocenters. The molecule has 1 saturated heterocycles. The number of hydrogen-bond acceptors (Lipinski definition) is 6. The quantitative estimate of drug-likeness (QED) is 0.465. The molecule has 1 fully saturated rings. The van der Waals surface area contributed by atoms with Crippen LogP contribution in [0.15, 0.2) is 29.2 Å². The van der Waals surface area contributed by atoms with Crippen molar-refractivity contribution in [3.63, 3.8) is 0 Å². The molecule has 0 aliphatic carbocycles. The molecular weight excluding hydrogens is 453 g/mol. The van der Waals surface area contributed by atoms with E-state index in [1.165, 1.54) is 31.1 Å². The zero-order valence-electron chi connectivity index (χ0n) is 19.3. The first-order valence-electron chi connectivity index (χ1n) is 11.0. The predicted octanol–water partition coefficient (Wildman–Crippen LogP) is 1.49. The third kappa shape index (κ3) is 7.50. The maximum atomic E-state index is 13.0. The van der Waals surface area contributed by atoms with Gasteiger partial charge in [0.1, 0.15) is 5.82 Å². The topological polar surface area (TPSA) is 104 Å². The first-order chi connectivity index (χ1) is 15.6. The molecule has 33 heavy (non-hydrogen) atoms. The van der Waals surface area contributed by atoms with Crippen molar-refractivity contribution in [2.75, 3.05) is 46.9 Å². The third-order valence-electron chi connectivity index (χ3n) is 5.58. The zero-order valence-corrected chi connectivity index (χ0v) is 20.1. The highest BCUT2D eigenvalue weighted by atomic mass is 32.2. The van der Waals surface area contributed by atoms with Gasteiger partial charge in [-0.25, -0.2) is 17.1 Å². The van der Waals surface area contributed by atoms with Gasteiger partial charge in [0.25, 0.3) is 0 Å². The van der Waals surface area contributed by atoms with E-state index in [0.29, 0.717) is 26.0 Å². The number of likely N-dealkylation sites (tertiary alicyclic amines) is 1. The largest absolute Gasteiger partial charge is 0.466 e. The van der Waals surface area contributed by atoms with Crippen molar-refractivity contribution in [1.82, 2.24) is 14.1 Å². The predicted molar refractivity (Wildman–Crippen MR) is 119 cm³/mol.